The van der Waals surface area contributed by atoms with E-state index in [1.54, 1.807) is 10.4 Å². The lowest BCUT2D eigenvalue weighted by Gasteiger charge is -2.41. The first-order valence-electron chi connectivity index (χ1n) is 9.64. The number of halogens is 1. The van der Waals surface area contributed by atoms with Gasteiger partial charge in [0.05, 0.1) is 6.61 Å². The molecule has 152 valence electrons. The predicted molar refractivity (Wildman–Crippen MR) is 120 cm³/mol. The van der Waals surface area contributed by atoms with Crippen molar-refractivity contribution in [2.24, 2.45) is 0 Å². The third kappa shape index (κ3) is 3.61. The maximum atomic E-state index is 13.2. The van der Waals surface area contributed by atoms with Crippen molar-refractivity contribution in [1.82, 2.24) is 4.31 Å². The van der Waals surface area contributed by atoms with E-state index >= 15 is 0 Å². The van der Waals surface area contributed by atoms with Gasteiger partial charge in [-0.3, -0.25) is 0 Å². The minimum absolute atomic E-state index is 0.282. The van der Waals surface area contributed by atoms with Crippen molar-refractivity contribution in [1.29, 1.82) is 0 Å². The average Bonchev–Trinajstić information content (AvgIpc) is 3.18. The van der Waals surface area contributed by atoms with E-state index in [4.69, 9.17) is 4.74 Å². The standard InChI is InChI=1S/C21H21BrN2O3S2/c22-17-5-6-19-16(11-17)13-27-14-24(19)18-7-9-23(10-8-18)29(25,26)21-12-15-3-1-2-4-20(15)28-21/h1-6,11-12,18H,7-10,13-14H2. The van der Waals surface area contributed by atoms with Crippen LogP contribution in [0, 0.1) is 0 Å². The van der Waals surface area contributed by atoms with Gasteiger partial charge in [0.15, 0.2) is 0 Å². The molecular formula is C21H21BrN2O3S2. The summed E-state index contributed by atoms with van der Waals surface area (Å²) in [5.74, 6) is 0. The number of hydrogen-bond acceptors (Lipinski definition) is 5. The highest BCUT2D eigenvalue weighted by Gasteiger charge is 2.34. The fourth-order valence-corrected chi connectivity index (χ4v) is 7.61. The zero-order valence-corrected chi connectivity index (χ0v) is 19.0. The second-order valence-electron chi connectivity index (χ2n) is 7.46. The molecule has 2 aliphatic heterocycles. The van der Waals surface area contributed by atoms with E-state index in [0.29, 0.717) is 30.6 Å². The molecule has 2 aliphatic rings. The summed E-state index contributed by atoms with van der Waals surface area (Å²) >= 11 is 4.88. The van der Waals surface area contributed by atoms with Gasteiger partial charge in [-0.15, -0.1) is 11.3 Å². The quantitative estimate of drug-likeness (QED) is 0.526. The Morgan fingerprint density at radius 2 is 1.86 bits per heavy atom. The number of anilines is 1. The molecule has 0 saturated carbocycles. The second kappa shape index (κ2) is 7.67. The van der Waals surface area contributed by atoms with Crippen molar-refractivity contribution >= 4 is 53.1 Å². The van der Waals surface area contributed by atoms with Gasteiger partial charge in [-0.1, -0.05) is 34.1 Å². The Bertz CT molecular complexity index is 1120. The number of hydrogen-bond donors (Lipinski definition) is 0. The zero-order valence-electron chi connectivity index (χ0n) is 15.8. The summed E-state index contributed by atoms with van der Waals surface area (Å²) in [7, 11) is -3.45. The molecule has 0 amide bonds. The van der Waals surface area contributed by atoms with Gasteiger partial charge in [0.1, 0.15) is 10.9 Å². The Labute approximate surface area is 183 Å². The number of fused-ring (bicyclic) bond motifs is 2. The van der Waals surface area contributed by atoms with E-state index in [0.717, 1.165) is 27.4 Å². The highest BCUT2D eigenvalue weighted by Crippen LogP contribution is 2.35. The van der Waals surface area contributed by atoms with Crippen molar-refractivity contribution in [2.45, 2.75) is 29.7 Å². The molecule has 29 heavy (non-hydrogen) atoms. The molecule has 1 saturated heterocycles. The van der Waals surface area contributed by atoms with Gasteiger partial charge in [-0.25, -0.2) is 8.42 Å². The minimum atomic E-state index is -3.45. The van der Waals surface area contributed by atoms with Gasteiger partial charge in [0.25, 0.3) is 10.0 Å². The summed E-state index contributed by atoms with van der Waals surface area (Å²) in [6.45, 7) is 2.24. The average molecular weight is 493 g/mol. The molecule has 5 rings (SSSR count). The molecule has 8 heteroatoms. The third-order valence-electron chi connectivity index (χ3n) is 5.70. The van der Waals surface area contributed by atoms with Crippen LogP contribution in [-0.2, 0) is 21.4 Å². The first kappa shape index (κ1) is 19.5. The number of thiophene rings is 1. The largest absolute Gasteiger partial charge is 0.356 e. The van der Waals surface area contributed by atoms with E-state index in [2.05, 4.69) is 39.0 Å². The molecule has 1 aromatic heterocycles. The Hall–Kier alpha value is -1.45. The number of ether oxygens (including phenoxy) is 1. The number of rotatable bonds is 3. The summed E-state index contributed by atoms with van der Waals surface area (Å²) in [4.78, 5) is 2.29. The molecule has 3 aromatic rings. The molecular weight excluding hydrogens is 472 g/mol. The fraction of sp³-hybridized carbons (Fsp3) is 0.333. The molecule has 2 aromatic carbocycles. The van der Waals surface area contributed by atoms with Crippen LogP contribution in [0.15, 0.2) is 57.2 Å². The molecule has 0 spiro atoms. The maximum absolute atomic E-state index is 13.2. The molecule has 3 heterocycles. The van der Waals surface area contributed by atoms with Crippen molar-refractivity contribution in [2.75, 3.05) is 24.7 Å². The molecule has 0 radical (unpaired) electrons. The van der Waals surface area contributed by atoms with Crippen LogP contribution in [0.4, 0.5) is 5.69 Å². The van der Waals surface area contributed by atoms with Gasteiger partial charge >= 0.3 is 0 Å². The van der Waals surface area contributed by atoms with Crippen molar-refractivity contribution in [3.05, 3.63) is 58.6 Å². The number of benzene rings is 2. The minimum Gasteiger partial charge on any atom is -0.356 e. The number of nitrogens with zero attached hydrogens (tertiary/aromatic N) is 2. The van der Waals surface area contributed by atoms with Gasteiger partial charge in [0.2, 0.25) is 0 Å². The zero-order chi connectivity index (χ0) is 20.0. The Morgan fingerprint density at radius 3 is 2.66 bits per heavy atom. The van der Waals surface area contributed by atoms with E-state index < -0.39 is 10.0 Å². The second-order valence-corrected chi connectivity index (χ2v) is 11.6. The smallest absolute Gasteiger partial charge is 0.252 e. The van der Waals surface area contributed by atoms with E-state index in [1.807, 2.05) is 24.3 Å². The lowest BCUT2D eigenvalue weighted by Crippen LogP contribution is -2.48. The molecule has 5 nitrogen and oxygen atoms in total. The molecule has 0 N–H and O–H groups in total. The lowest BCUT2D eigenvalue weighted by molar-refractivity contribution is 0.0987. The predicted octanol–water partition coefficient (Wildman–Crippen LogP) is 4.81. The third-order valence-corrected chi connectivity index (χ3v) is 9.66. The number of sulfonamides is 1. The van der Waals surface area contributed by atoms with Crippen molar-refractivity contribution < 1.29 is 13.2 Å². The SMILES string of the molecule is O=S(=O)(c1cc2ccccc2s1)N1CCC(N2COCc3cc(Br)ccc32)CC1. The Balaban J connectivity index is 1.33. The molecule has 1 fully saturated rings. The highest BCUT2D eigenvalue weighted by atomic mass is 79.9. The Kier molecular flexibility index (Phi) is 5.16. The van der Waals surface area contributed by atoms with E-state index in [9.17, 15) is 8.42 Å². The van der Waals surface area contributed by atoms with Gasteiger partial charge in [-0.2, -0.15) is 4.31 Å². The fourth-order valence-electron chi connectivity index (χ4n) is 4.18. The highest BCUT2D eigenvalue weighted by molar-refractivity contribution is 9.10. The van der Waals surface area contributed by atoms with Crippen LogP contribution < -0.4 is 4.90 Å². The first-order valence-corrected chi connectivity index (χ1v) is 12.7. The van der Waals surface area contributed by atoms with E-state index in [1.165, 1.54) is 22.6 Å². The maximum Gasteiger partial charge on any atom is 0.252 e. The molecule has 0 bridgehead atoms. The van der Waals surface area contributed by atoms with E-state index in [-0.39, 0.29) is 6.04 Å². The Morgan fingerprint density at radius 1 is 1.07 bits per heavy atom. The van der Waals surface area contributed by atoms with Crippen molar-refractivity contribution in [3.8, 4) is 0 Å². The van der Waals surface area contributed by atoms with Gasteiger partial charge in [0, 0.05) is 39.6 Å². The normalized spacial score (nSPS) is 18.9. The van der Waals surface area contributed by atoms with Crippen LogP contribution in [0.3, 0.4) is 0 Å². The molecule has 0 unspecified atom stereocenters. The van der Waals surface area contributed by atoms with Crippen LogP contribution in [-0.4, -0.2) is 38.6 Å². The van der Waals surface area contributed by atoms with Crippen LogP contribution >= 0.6 is 27.3 Å². The number of piperidine rings is 1. The van der Waals surface area contributed by atoms with Crippen LogP contribution in [0.5, 0.6) is 0 Å². The van der Waals surface area contributed by atoms with Crippen LogP contribution in [0.25, 0.3) is 10.1 Å². The summed E-state index contributed by atoms with van der Waals surface area (Å²) in [5.41, 5.74) is 2.37. The van der Waals surface area contributed by atoms with Gasteiger partial charge < -0.3 is 9.64 Å². The summed E-state index contributed by atoms with van der Waals surface area (Å²) < 4.78 is 36.3. The first-order chi connectivity index (χ1) is 14.0. The van der Waals surface area contributed by atoms with Crippen LogP contribution in [0.1, 0.15) is 18.4 Å². The molecule has 0 atom stereocenters. The summed E-state index contributed by atoms with van der Waals surface area (Å²) in [5, 5.41) is 0.985. The van der Waals surface area contributed by atoms with Crippen LogP contribution in [0.2, 0.25) is 0 Å². The monoisotopic (exact) mass is 492 g/mol. The summed E-state index contributed by atoms with van der Waals surface area (Å²) in [6.07, 6.45) is 1.59. The topological polar surface area (TPSA) is 49.9 Å². The van der Waals surface area contributed by atoms with Crippen molar-refractivity contribution in [3.63, 3.8) is 0 Å². The van der Waals surface area contributed by atoms with Gasteiger partial charge in [-0.05, 0) is 48.6 Å². The molecule has 0 aliphatic carbocycles. The summed E-state index contributed by atoms with van der Waals surface area (Å²) in [6, 6.07) is 16.2. The lowest BCUT2D eigenvalue weighted by atomic mass is 10.0.